The Balaban J connectivity index is 2.01. The molecular weight excluding hydrogens is 220 g/mol. The van der Waals surface area contributed by atoms with Gasteiger partial charge in [0.05, 0.1) is 0 Å². The summed E-state index contributed by atoms with van der Waals surface area (Å²) in [6.07, 6.45) is 1.43. The molecule has 17 heavy (non-hydrogen) atoms. The molecule has 84 valence electrons. The highest BCUT2D eigenvalue weighted by Gasteiger charge is 2.03. The first-order chi connectivity index (χ1) is 8.33. The predicted octanol–water partition coefficient (Wildman–Crippen LogP) is 1.40. The Morgan fingerprint density at radius 2 is 2.29 bits per heavy atom. The zero-order chi connectivity index (χ0) is 11.7. The highest BCUT2D eigenvalue weighted by Crippen LogP contribution is 2.13. The quantitative estimate of drug-likeness (QED) is 0.670. The molecule has 3 rings (SSSR count). The normalized spacial score (nSPS) is 11.6. The van der Waals surface area contributed by atoms with E-state index in [1.54, 1.807) is 0 Å². The summed E-state index contributed by atoms with van der Waals surface area (Å²) < 4.78 is 0. The van der Waals surface area contributed by atoms with Crippen LogP contribution in [0.1, 0.15) is 5.56 Å². The molecule has 0 saturated heterocycles. The van der Waals surface area contributed by atoms with Crippen LogP contribution in [0.5, 0.6) is 0 Å². The standard InChI is InChI=1S/C9H8N8/c1-6-2-3-8-7(4-6)12-15-17(8)16-14-9-10-5-11-13-9/h2-5H,1H3,(H,10,11,13)/b16-14+. The van der Waals surface area contributed by atoms with Crippen molar-refractivity contribution in [2.45, 2.75) is 6.92 Å². The van der Waals surface area contributed by atoms with Crippen LogP contribution in [0.3, 0.4) is 0 Å². The topological polar surface area (TPSA) is 97.0 Å². The average molecular weight is 228 g/mol. The van der Waals surface area contributed by atoms with Crippen LogP contribution in [-0.4, -0.2) is 30.3 Å². The number of benzene rings is 1. The van der Waals surface area contributed by atoms with Crippen LogP contribution in [0.25, 0.3) is 11.0 Å². The lowest BCUT2D eigenvalue weighted by Crippen LogP contribution is -1.89. The van der Waals surface area contributed by atoms with E-state index in [4.69, 9.17) is 0 Å². The van der Waals surface area contributed by atoms with E-state index in [1.165, 1.54) is 11.1 Å². The smallest absolute Gasteiger partial charge is 0.264 e. The summed E-state index contributed by atoms with van der Waals surface area (Å²) in [4.78, 5) is 5.16. The molecule has 0 fully saturated rings. The number of hydrogen-bond acceptors (Lipinski definition) is 6. The molecule has 0 aliphatic carbocycles. The number of nitrogens with one attached hydrogen (secondary N) is 1. The molecular formula is C9H8N8. The molecule has 8 nitrogen and oxygen atoms in total. The number of nitrogens with zero attached hydrogens (tertiary/aromatic N) is 7. The second kappa shape index (κ2) is 3.74. The first kappa shape index (κ1) is 9.58. The third kappa shape index (κ3) is 1.75. The zero-order valence-electron chi connectivity index (χ0n) is 8.94. The lowest BCUT2D eigenvalue weighted by atomic mass is 10.2. The minimum Gasteiger partial charge on any atom is -0.264 e. The number of rotatable bonds is 2. The molecule has 0 unspecified atom stereocenters. The molecule has 0 saturated carbocycles. The van der Waals surface area contributed by atoms with Crippen molar-refractivity contribution in [2.24, 2.45) is 10.3 Å². The van der Waals surface area contributed by atoms with Crippen molar-refractivity contribution >= 4 is 17.0 Å². The van der Waals surface area contributed by atoms with E-state index in [2.05, 4.69) is 35.8 Å². The van der Waals surface area contributed by atoms with Gasteiger partial charge in [-0.3, -0.25) is 5.10 Å². The van der Waals surface area contributed by atoms with Crippen LogP contribution >= 0.6 is 0 Å². The minimum atomic E-state index is 0.251. The Labute approximate surface area is 95.4 Å². The zero-order valence-corrected chi connectivity index (χ0v) is 8.94. The van der Waals surface area contributed by atoms with Gasteiger partial charge in [-0.15, -0.1) is 15.0 Å². The van der Waals surface area contributed by atoms with Crippen LogP contribution in [0.4, 0.5) is 5.95 Å². The maximum Gasteiger partial charge on any atom is 0.288 e. The molecule has 2 heterocycles. The van der Waals surface area contributed by atoms with Crippen molar-refractivity contribution in [3.63, 3.8) is 0 Å². The van der Waals surface area contributed by atoms with Crippen molar-refractivity contribution in [1.82, 2.24) is 30.3 Å². The van der Waals surface area contributed by atoms with Crippen LogP contribution in [0.2, 0.25) is 0 Å². The number of fused-ring (bicyclic) bond motifs is 1. The summed E-state index contributed by atoms with van der Waals surface area (Å²) in [6, 6.07) is 5.79. The van der Waals surface area contributed by atoms with Crippen molar-refractivity contribution in [3.05, 3.63) is 30.1 Å². The largest absolute Gasteiger partial charge is 0.288 e. The first-order valence-electron chi connectivity index (χ1n) is 4.93. The highest BCUT2D eigenvalue weighted by atomic mass is 15.6. The molecule has 0 radical (unpaired) electrons. The molecule has 0 bridgehead atoms. The van der Waals surface area contributed by atoms with E-state index in [-0.39, 0.29) is 5.95 Å². The summed E-state index contributed by atoms with van der Waals surface area (Å²) >= 11 is 0. The van der Waals surface area contributed by atoms with Gasteiger partial charge < -0.3 is 0 Å². The number of aromatic amines is 1. The van der Waals surface area contributed by atoms with Gasteiger partial charge >= 0.3 is 0 Å². The van der Waals surface area contributed by atoms with Gasteiger partial charge in [0.2, 0.25) is 0 Å². The van der Waals surface area contributed by atoms with Crippen molar-refractivity contribution < 1.29 is 0 Å². The molecule has 0 aliphatic heterocycles. The summed E-state index contributed by atoms with van der Waals surface area (Å²) in [6.45, 7) is 1.99. The van der Waals surface area contributed by atoms with Gasteiger partial charge in [-0.2, -0.15) is 4.98 Å². The van der Waals surface area contributed by atoms with E-state index in [0.29, 0.717) is 0 Å². The van der Waals surface area contributed by atoms with E-state index in [9.17, 15) is 0 Å². The van der Waals surface area contributed by atoms with E-state index >= 15 is 0 Å². The Morgan fingerprint density at radius 1 is 1.35 bits per heavy atom. The lowest BCUT2D eigenvalue weighted by Gasteiger charge is -1.92. The number of H-pyrrole nitrogens is 1. The number of aryl methyl sites for hydroxylation is 1. The third-order valence-corrected chi connectivity index (χ3v) is 2.20. The third-order valence-electron chi connectivity index (χ3n) is 2.20. The maximum absolute atomic E-state index is 3.99. The van der Waals surface area contributed by atoms with Crippen molar-refractivity contribution in [3.8, 4) is 0 Å². The summed E-state index contributed by atoms with van der Waals surface area (Å²) in [5.74, 6) is 0.251. The second-order valence-electron chi connectivity index (χ2n) is 3.46. The molecule has 0 atom stereocenters. The fourth-order valence-electron chi connectivity index (χ4n) is 1.42. The van der Waals surface area contributed by atoms with E-state index in [1.807, 2.05) is 25.1 Å². The number of aromatic nitrogens is 6. The molecule has 2 aromatic heterocycles. The molecule has 0 spiro atoms. The summed E-state index contributed by atoms with van der Waals surface area (Å²) in [7, 11) is 0. The Bertz CT molecular complexity index is 665. The molecule has 3 aromatic rings. The Kier molecular flexibility index (Phi) is 2.11. The van der Waals surface area contributed by atoms with Crippen LogP contribution in [0.15, 0.2) is 34.9 Å². The Hall–Kier alpha value is -2.64. The van der Waals surface area contributed by atoms with Crippen molar-refractivity contribution in [1.29, 1.82) is 0 Å². The SMILES string of the molecule is Cc1ccc2c(c1)nnn2/N=N/c1nc[nH]n1. The fourth-order valence-corrected chi connectivity index (χ4v) is 1.42. The van der Waals surface area contributed by atoms with E-state index in [0.717, 1.165) is 16.6 Å². The van der Waals surface area contributed by atoms with Gasteiger partial charge in [-0.1, -0.05) is 11.2 Å². The highest BCUT2D eigenvalue weighted by molar-refractivity contribution is 5.74. The average Bonchev–Trinajstić information content (AvgIpc) is 2.94. The second-order valence-corrected chi connectivity index (χ2v) is 3.46. The van der Waals surface area contributed by atoms with Gasteiger partial charge in [0.15, 0.2) is 0 Å². The minimum absolute atomic E-state index is 0.251. The molecule has 8 heteroatoms. The van der Waals surface area contributed by atoms with Gasteiger partial charge in [-0.25, -0.2) is 0 Å². The first-order valence-corrected chi connectivity index (χ1v) is 4.93. The van der Waals surface area contributed by atoms with Crippen molar-refractivity contribution in [2.75, 3.05) is 0 Å². The fraction of sp³-hybridized carbons (Fsp3) is 0.111. The monoisotopic (exact) mass is 228 g/mol. The number of hydrogen-bond donors (Lipinski definition) is 1. The van der Waals surface area contributed by atoms with Crippen LogP contribution in [-0.2, 0) is 0 Å². The van der Waals surface area contributed by atoms with Gasteiger partial charge in [-0.05, 0) is 35.1 Å². The van der Waals surface area contributed by atoms with Gasteiger partial charge in [0.25, 0.3) is 5.95 Å². The van der Waals surface area contributed by atoms with Gasteiger partial charge in [0.1, 0.15) is 17.4 Å². The molecule has 0 aliphatic rings. The van der Waals surface area contributed by atoms with Crippen LogP contribution < -0.4 is 0 Å². The maximum atomic E-state index is 3.99. The van der Waals surface area contributed by atoms with Crippen LogP contribution in [0, 0.1) is 6.92 Å². The lowest BCUT2D eigenvalue weighted by molar-refractivity contribution is 0.670. The predicted molar refractivity (Wildman–Crippen MR) is 58.6 cm³/mol. The van der Waals surface area contributed by atoms with Gasteiger partial charge in [0, 0.05) is 0 Å². The summed E-state index contributed by atoms with van der Waals surface area (Å²) in [5.41, 5.74) is 2.68. The Morgan fingerprint density at radius 3 is 3.12 bits per heavy atom. The molecule has 1 N–H and O–H groups in total. The summed E-state index contributed by atoms with van der Waals surface area (Å²) in [5, 5.41) is 21.9. The van der Waals surface area contributed by atoms with E-state index < -0.39 is 0 Å². The molecule has 0 amide bonds. The molecule has 1 aromatic carbocycles.